The summed E-state index contributed by atoms with van der Waals surface area (Å²) in [7, 11) is 1.80. The molecule has 1 N–H and O–H groups in total. The number of carbonyl (C=O) groups excluding carboxylic acids is 1. The molecule has 0 aromatic rings. The van der Waals surface area contributed by atoms with Crippen LogP contribution in [0.15, 0.2) is 4.99 Å². The van der Waals surface area contributed by atoms with Crippen LogP contribution < -0.4 is 0 Å². The lowest BCUT2D eigenvalue weighted by Crippen LogP contribution is -2.50. The van der Waals surface area contributed by atoms with E-state index < -0.39 is 11.5 Å². The van der Waals surface area contributed by atoms with Crippen molar-refractivity contribution in [1.82, 2.24) is 9.80 Å². The minimum atomic E-state index is -0.817. The highest BCUT2D eigenvalue weighted by Gasteiger charge is 2.48. The lowest BCUT2D eigenvalue weighted by molar-refractivity contribution is -0.139. The molecule has 0 aromatic heterocycles. The van der Waals surface area contributed by atoms with E-state index in [0.717, 1.165) is 25.1 Å². The molecule has 0 aromatic carbocycles. The number of likely N-dealkylation sites (N-methyl/N-ethyl adjacent to an activating group) is 1. The van der Waals surface area contributed by atoms with Gasteiger partial charge in [0.1, 0.15) is 11.4 Å². The summed E-state index contributed by atoms with van der Waals surface area (Å²) in [6.45, 7) is 3.41. The molecule has 0 unspecified atom stereocenters. The third kappa shape index (κ3) is 2.85. The molecule has 1 fully saturated rings. The Morgan fingerprint density at radius 1 is 1.40 bits per heavy atom. The zero-order valence-corrected chi connectivity index (χ0v) is 12.3. The number of amides is 1. The van der Waals surface area contributed by atoms with Crippen LogP contribution in [0.3, 0.4) is 0 Å². The largest absolute Gasteiger partial charge is 0.480 e. The number of likely N-dealkylation sites (tertiary alicyclic amines) is 1. The van der Waals surface area contributed by atoms with Gasteiger partial charge < -0.3 is 10.0 Å². The molecule has 1 spiro atoms. The maximum Gasteiger partial charge on any atom is 0.317 e. The highest BCUT2D eigenvalue weighted by atomic mass is 16.4. The molecule has 6 nitrogen and oxygen atoms in total. The number of carboxylic acid groups (broad SMARTS) is 1. The van der Waals surface area contributed by atoms with Gasteiger partial charge in [0.05, 0.1) is 6.54 Å². The van der Waals surface area contributed by atoms with Crippen LogP contribution >= 0.6 is 0 Å². The second kappa shape index (κ2) is 5.91. The van der Waals surface area contributed by atoms with Crippen LogP contribution in [0.5, 0.6) is 0 Å². The molecular formula is C14H23N3O3. The van der Waals surface area contributed by atoms with Crippen LogP contribution in [0.2, 0.25) is 0 Å². The molecule has 20 heavy (non-hydrogen) atoms. The zero-order chi connectivity index (χ0) is 14.8. The molecule has 0 radical (unpaired) electrons. The number of unbranched alkanes of at least 4 members (excludes halogenated alkanes) is 1. The first-order valence-corrected chi connectivity index (χ1v) is 7.29. The molecule has 2 heterocycles. The van der Waals surface area contributed by atoms with Gasteiger partial charge in [-0.3, -0.25) is 19.5 Å². The second-order valence-electron chi connectivity index (χ2n) is 5.70. The highest BCUT2D eigenvalue weighted by Crippen LogP contribution is 2.33. The molecular weight excluding hydrogens is 258 g/mol. The van der Waals surface area contributed by atoms with Crippen LogP contribution in [0.1, 0.15) is 39.0 Å². The summed E-state index contributed by atoms with van der Waals surface area (Å²) in [5.41, 5.74) is -0.618. The van der Waals surface area contributed by atoms with Gasteiger partial charge in [0.2, 0.25) is 0 Å². The van der Waals surface area contributed by atoms with Crippen molar-refractivity contribution in [3.8, 4) is 0 Å². The number of nitrogens with zero attached hydrogens (tertiary/aromatic N) is 3. The first kappa shape index (κ1) is 15.0. The van der Waals surface area contributed by atoms with Crippen molar-refractivity contribution in [2.24, 2.45) is 4.99 Å². The minimum Gasteiger partial charge on any atom is -0.480 e. The number of carboxylic acids is 1. The van der Waals surface area contributed by atoms with Crippen LogP contribution in [0.25, 0.3) is 0 Å². The van der Waals surface area contributed by atoms with Gasteiger partial charge in [-0.2, -0.15) is 0 Å². The average molecular weight is 281 g/mol. The summed E-state index contributed by atoms with van der Waals surface area (Å²) in [6, 6.07) is 0. The van der Waals surface area contributed by atoms with Crippen molar-refractivity contribution < 1.29 is 14.7 Å². The molecule has 0 atom stereocenters. The number of hydrogen-bond acceptors (Lipinski definition) is 4. The van der Waals surface area contributed by atoms with Gasteiger partial charge in [-0.05, 0) is 19.3 Å². The SMILES string of the molecule is CCCCC1=NC2(CCN(CC(=O)O)CC2)C(=O)N1C. The van der Waals surface area contributed by atoms with Gasteiger partial charge in [0.15, 0.2) is 0 Å². The lowest BCUT2D eigenvalue weighted by Gasteiger charge is -2.35. The number of aliphatic carboxylic acids is 1. The van der Waals surface area contributed by atoms with Gasteiger partial charge in [-0.1, -0.05) is 13.3 Å². The number of rotatable bonds is 5. The quantitative estimate of drug-likeness (QED) is 0.815. The number of carbonyl (C=O) groups is 2. The number of aliphatic imine (C=N–C) groups is 1. The smallest absolute Gasteiger partial charge is 0.317 e. The normalized spacial score (nSPS) is 22.4. The molecule has 2 aliphatic rings. The number of hydrogen-bond donors (Lipinski definition) is 1. The van der Waals surface area contributed by atoms with Crippen molar-refractivity contribution in [3.63, 3.8) is 0 Å². The fourth-order valence-electron chi connectivity index (χ4n) is 2.96. The molecule has 2 rings (SSSR count). The molecule has 0 saturated carbocycles. The predicted octanol–water partition coefficient (Wildman–Crippen LogP) is 0.966. The Bertz CT molecular complexity index is 425. The van der Waals surface area contributed by atoms with E-state index in [-0.39, 0.29) is 12.5 Å². The van der Waals surface area contributed by atoms with E-state index in [1.807, 2.05) is 4.90 Å². The van der Waals surface area contributed by atoms with Gasteiger partial charge in [-0.25, -0.2) is 0 Å². The first-order chi connectivity index (χ1) is 9.48. The Hall–Kier alpha value is -1.43. The summed E-state index contributed by atoms with van der Waals surface area (Å²) in [4.78, 5) is 31.5. The third-order valence-corrected chi connectivity index (χ3v) is 4.23. The molecule has 1 amide bonds. The molecule has 2 aliphatic heterocycles. The zero-order valence-electron chi connectivity index (χ0n) is 12.3. The Morgan fingerprint density at radius 2 is 2.05 bits per heavy atom. The Balaban J connectivity index is 2.03. The summed E-state index contributed by atoms with van der Waals surface area (Å²) < 4.78 is 0. The Labute approximate surface area is 119 Å². The van der Waals surface area contributed by atoms with Crippen LogP contribution in [0.4, 0.5) is 0 Å². The Morgan fingerprint density at radius 3 is 2.60 bits per heavy atom. The predicted molar refractivity (Wildman–Crippen MR) is 75.8 cm³/mol. The molecule has 6 heteroatoms. The lowest BCUT2D eigenvalue weighted by atomic mass is 9.88. The minimum absolute atomic E-state index is 0.0481. The van der Waals surface area contributed by atoms with Gasteiger partial charge in [0.25, 0.3) is 5.91 Å². The van der Waals surface area contributed by atoms with E-state index in [1.165, 1.54) is 0 Å². The Kier molecular flexibility index (Phi) is 4.42. The number of amidine groups is 1. The van der Waals surface area contributed by atoms with E-state index in [9.17, 15) is 9.59 Å². The van der Waals surface area contributed by atoms with Gasteiger partial charge >= 0.3 is 5.97 Å². The van der Waals surface area contributed by atoms with E-state index in [0.29, 0.717) is 25.9 Å². The summed E-state index contributed by atoms with van der Waals surface area (Å²) >= 11 is 0. The fraction of sp³-hybridized carbons (Fsp3) is 0.786. The van der Waals surface area contributed by atoms with Gasteiger partial charge in [-0.15, -0.1) is 0 Å². The van der Waals surface area contributed by atoms with E-state index >= 15 is 0 Å². The van der Waals surface area contributed by atoms with E-state index in [4.69, 9.17) is 10.1 Å². The van der Waals surface area contributed by atoms with E-state index in [1.54, 1.807) is 11.9 Å². The monoisotopic (exact) mass is 281 g/mol. The summed E-state index contributed by atoms with van der Waals surface area (Å²) in [5, 5.41) is 8.81. The first-order valence-electron chi connectivity index (χ1n) is 7.29. The summed E-state index contributed by atoms with van der Waals surface area (Å²) in [6.07, 6.45) is 4.22. The van der Waals surface area contributed by atoms with E-state index in [2.05, 4.69) is 6.92 Å². The third-order valence-electron chi connectivity index (χ3n) is 4.23. The van der Waals surface area contributed by atoms with Crippen molar-refractivity contribution in [3.05, 3.63) is 0 Å². The fourth-order valence-corrected chi connectivity index (χ4v) is 2.96. The van der Waals surface area contributed by atoms with Crippen molar-refractivity contribution in [2.75, 3.05) is 26.7 Å². The molecule has 112 valence electrons. The van der Waals surface area contributed by atoms with Crippen LogP contribution in [-0.4, -0.2) is 64.8 Å². The topological polar surface area (TPSA) is 73.2 Å². The highest BCUT2D eigenvalue weighted by molar-refractivity contribution is 6.08. The second-order valence-corrected chi connectivity index (χ2v) is 5.70. The molecule has 0 aliphatic carbocycles. The maximum atomic E-state index is 12.5. The standard InChI is InChI=1S/C14H23N3O3/c1-3-4-5-11-15-14(13(20)16(11)2)6-8-17(9-7-14)10-12(18)19/h3-10H2,1-2H3,(H,18,19). The number of piperidine rings is 1. The van der Waals surface area contributed by atoms with Crippen LogP contribution in [-0.2, 0) is 9.59 Å². The van der Waals surface area contributed by atoms with Crippen molar-refractivity contribution in [1.29, 1.82) is 0 Å². The maximum absolute atomic E-state index is 12.5. The molecule has 1 saturated heterocycles. The van der Waals surface area contributed by atoms with Crippen LogP contribution in [0, 0.1) is 0 Å². The molecule has 0 bridgehead atoms. The summed E-state index contributed by atoms with van der Waals surface area (Å²) in [5.74, 6) is 0.157. The van der Waals surface area contributed by atoms with Gasteiger partial charge in [0, 0.05) is 26.6 Å². The van der Waals surface area contributed by atoms with Crippen molar-refractivity contribution in [2.45, 2.75) is 44.6 Å². The van der Waals surface area contributed by atoms with Crippen molar-refractivity contribution >= 4 is 17.7 Å². The average Bonchev–Trinajstić information content (AvgIpc) is 2.64.